The summed E-state index contributed by atoms with van der Waals surface area (Å²) in [4.78, 5) is 18.0. The lowest BCUT2D eigenvalue weighted by atomic mass is 10.1. The summed E-state index contributed by atoms with van der Waals surface area (Å²) in [7, 11) is 0. The van der Waals surface area contributed by atoms with Crippen molar-refractivity contribution in [2.45, 2.75) is 18.5 Å². The Morgan fingerprint density at radius 3 is 2.68 bits per heavy atom. The van der Waals surface area contributed by atoms with Crippen molar-refractivity contribution >= 4 is 23.2 Å². The average molecular weight is 408 g/mol. The summed E-state index contributed by atoms with van der Waals surface area (Å²) in [6.45, 7) is 0.175. The topological polar surface area (TPSA) is 59.2 Å². The lowest BCUT2D eigenvalue weighted by Gasteiger charge is -2.18. The lowest BCUT2D eigenvalue weighted by molar-refractivity contribution is -0.137. The molecule has 28 heavy (non-hydrogen) atoms. The van der Waals surface area contributed by atoms with Crippen LogP contribution in [0.5, 0.6) is 0 Å². The van der Waals surface area contributed by atoms with Gasteiger partial charge in [-0.15, -0.1) is 0 Å². The number of amides is 1. The maximum atomic E-state index is 12.9. The van der Waals surface area contributed by atoms with Crippen LogP contribution in [0.2, 0.25) is 5.02 Å². The number of rotatable bonds is 3. The number of alkyl halides is 3. The van der Waals surface area contributed by atoms with Crippen LogP contribution in [0.15, 0.2) is 53.1 Å². The second-order valence-corrected chi connectivity index (χ2v) is 6.86. The molecule has 1 fully saturated rings. The molecule has 144 valence electrons. The van der Waals surface area contributed by atoms with E-state index in [0.29, 0.717) is 16.4 Å². The molecule has 2 aromatic carbocycles. The molecule has 1 atom stereocenters. The maximum Gasteiger partial charge on any atom is 0.416 e. The summed E-state index contributed by atoms with van der Waals surface area (Å²) < 4.78 is 44.1. The van der Waals surface area contributed by atoms with Gasteiger partial charge in [0, 0.05) is 35.2 Å². The molecule has 1 saturated heterocycles. The first kappa shape index (κ1) is 18.5. The molecule has 0 N–H and O–H groups in total. The fourth-order valence-electron chi connectivity index (χ4n) is 3.12. The Hall–Kier alpha value is -2.87. The maximum absolute atomic E-state index is 12.9. The summed E-state index contributed by atoms with van der Waals surface area (Å²) >= 11 is 5.96. The molecule has 3 aromatic rings. The molecule has 1 aromatic heterocycles. The summed E-state index contributed by atoms with van der Waals surface area (Å²) in [5.74, 6) is -0.0718. The molecule has 2 heterocycles. The number of carbonyl (C=O) groups excluding carboxylic acids is 1. The van der Waals surface area contributed by atoms with Gasteiger partial charge in [-0.2, -0.15) is 18.2 Å². The molecule has 0 saturated carbocycles. The first-order chi connectivity index (χ1) is 13.3. The first-order valence-corrected chi connectivity index (χ1v) is 8.76. The monoisotopic (exact) mass is 407 g/mol. The zero-order valence-corrected chi connectivity index (χ0v) is 15.0. The molecule has 5 nitrogen and oxygen atoms in total. The van der Waals surface area contributed by atoms with Crippen LogP contribution in [-0.2, 0) is 11.0 Å². The second kappa shape index (κ2) is 6.94. The number of anilines is 1. The van der Waals surface area contributed by atoms with Gasteiger partial charge in [0.15, 0.2) is 5.82 Å². The molecule has 9 heteroatoms. The Balaban J connectivity index is 1.56. The molecule has 1 aliphatic rings. The zero-order chi connectivity index (χ0) is 19.9. The third-order valence-electron chi connectivity index (χ3n) is 4.49. The van der Waals surface area contributed by atoms with E-state index in [2.05, 4.69) is 10.1 Å². The lowest BCUT2D eigenvalue weighted by Crippen LogP contribution is -2.24. The largest absolute Gasteiger partial charge is 0.416 e. The van der Waals surface area contributed by atoms with Crippen LogP contribution in [0.25, 0.3) is 11.5 Å². The minimum Gasteiger partial charge on any atom is -0.334 e. The highest BCUT2D eigenvalue weighted by Crippen LogP contribution is 2.35. The number of hydrogen-bond acceptors (Lipinski definition) is 4. The van der Waals surface area contributed by atoms with Gasteiger partial charge < -0.3 is 9.42 Å². The van der Waals surface area contributed by atoms with Gasteiger partial charge in [-0.3, -0.25) is 4.79 Å². The van der Waals surface area contributed by atoms with Crippen molar-refractivity contribution in [3.63, 3.8) is 0 Å². The summed E-state index contributed by atoms with van der Waals surface area (Å²) in [6, 6.07) is 11.6. The smallest absolute Gasteiger partial charge is 0.334 e. The standard InChI is InChI=1S/C19H13ClF3N3O2/c20-14-5-1-3-11(7-14)18-24-17(25-28-18)12-8-16(27)26(10-12)15-6-2-4-13(9-15)19(21,22)23/h1-7,9,12H,8,10H2. The summed E-state index contributed by atoms with van der Waals surface area (Å²) in [6.07, 6.45) is -4.39. The molecular weight excluding hydrogens is 395 g/mol. The van der Waals surface area contributed by atoms with Crippen molar-refractivity contribution in [3.8, 4) is 11.5 Å². The number of halogens is 4. The van der Waals surface area contributed by atoms with E-state index < -0.39 is 11.7 Å². The Morgan fingerprint density at radius 2 is 1.93 bits per heavy atom. The number of nitrogens with zero attached hydrogens (tertiary/aromatic N) is 3. The van der Waals surface area contributed by atoms with Crippen molar-refractivity contribution in [2.24, 2.45) is 0 Å². The van der Waals surface area contributed by atoms with Crippen LogP contribution in [-0.4, -0.2) is 22.6 Å². The Kier molecular flexibility index (Phi) is 4.58. The SMILES string of the molecule is O=C1CC(c2noc(-c3cccc(Cl)c3)n2)CN1c1cccc(C(F)(F)F)c1. The van der Waals surface area contributed by atoms with Crippen molar-refractivity contribution < 1.29 is 22.5 Å². The van der Waals surface area contributed by atoms with Gasteiger partial charge in [0.05, 0.1) is 5.56 Å². The molecule has 0 radical (unpaired) electrons. The minimum atomic E-state index is -4.47. The highest BCUT2D eigenvalue weighted by molar-refractivity contribution is 6.30. The van der Waals surface area contributed by atoms with Crippen LogP contribution in [0, 0.1) is 0 Å². The van der Waals surface area contributed by atoms with Crippen LogP contribution in [0.3, 0.4) is 0 Å². The van der Waals surface area contributed by atoms with Crippen molar-refractivity contribution in [3.05, 3.63) is 64.9 Å². The average Bonchev–Trinajstić information content (AvgIpc) is 3.28. The van der Waals surface area contributed by atoms with Gasteiger partial charge in [-0.25, -0.2) is 0 Å². The molecular formula is C19H13ClF3N3O2. The van der Waals surface area contributed by atoms with Crippen LogP contribution >= 0.6 is 11.6 Å². The normalized spacial score (nSPS) is 17.4. The second-order valence-electron chi connectivity index (χ2n) is 6.42. The molecule has 4 rings (SSSR count). The number of aromatic nitrogens is 2. The molecule has 0 bridgehead atoms. The van der Waals surface area contributed by atoms with Crippen molar-refractivity contribution in [2.75, 3.05) is 11.4 Å². The van der Waals surface area contributed by atoms with E-state index in [-0.39, 0.29) is 36.4 Å². The minimum absolute atomic E-state index is 0.0881. The van der Waals surface area contributed by atoms with Crippen LogP contribution < -0.4 is 4.90 Å². The van der Waals surface area contributed by atoms with Crippen LogP contribution in [0.4, 0.5) is 18.9 Å². The molecule has 0 spiro atoms. The molecule has 0 aliphatic carbocycles. The quantitative estimate of drug-likeness (QED) is 0.617. The van der Waals surface area contributed by atoms with Gasteiger partial charge in [0.25, 0.3) is 5.89 Å². The zero-order valence-electron chi connectivity index (χ0n) is 14.3. The van der Waals surface area contributed by atoms with E-state index in [4.69, 9.17) is 16.1 Å². The predicted octanol–water partition coefficient (Wildman–Crippen LogP) is 4.93. The highest BCUT2D eigenvalue weighted by Gasteiger charge is 2.36. The van der Waals surface area contributed by atoms with E-state index in [0.717, 1.165) is 12.1 Å². The van der Waals surface area contributed by atoms with Crippen molar-refractivity contribution in [1.29, 1.82) is 0 Å². The number of hydrogen-bond donors (Lipinski definition) is 0. The summed E-state index contributed by atoms with van der Waals surface area (Å²) in [5, 5.41) is 4.45. The van der Waals surface area contributed by atoms with E-state index >= 15 is 0 Å². The fraction of sp³-hybridized carbons (Fsp3) is 0.211. The Labute approximate surface area is 162 Å². The van der Waals surface area contributed by atoms with Gasteiger partial charge >= 0.3 is 6.18 Å². The van der Waals surface area contributed by atoms with Gasteiger partial charge in [0.1, 0.15) is 0 Å². The van der Waals surface area contributed by atoms with Crippen LogP contribution in [0.1, 0.15) is 23.7 Å². The van der Waals surface area contributed by atoms with Gasteiger partial charge in [-0.05, 0) is 36.4 Å². The molecule has 1 unspecified atom stereocenters. The Morgan fingerprint density at radius 1 is 1.14 bits per heavy atom. The van der Waals surface area contributed by atoms with E-state index in [1.807, 2.05) is 0 Å². The highest BCUT2D eigenvalue weighted by atomic mass is 35.5. The first-order valence-electron chi connectivity index (χ1n) is 8.38. The number of carbonyl (C=O) groups is 1. The van der Waals surface area contributed by atoms with Crippen molar-refractivity contribution in [1.82, 2.24) is 10.1 Å². The van der Waals surface area contributed by atoms with E-state index in [9.17, 15) is 18.0 Å². The molecule has 1 amide bonds. The van der Waals surface area contributed by atoms with E-state index in [1.54, 1.807) is 24.3 Å². The number of benzene rings is 2. The van der Waals surface area contributed by atoms with Gasteiger partial charge in [0.2, 0.25) is 5.91 Å². The van der Waals surface area contributed by atoms with Gasteiger partial charge in [-0.1, -0.05) is 28.9 Å². The predicted molar refractivity (Wildman–Crippen MR) is 95.9 cm³/mol. The fourth-order valence-corrected chi connectivity index (χ4v) is 3.31. The summed E-state index contributed by atoms with van der Waals surface area (Å²) in [5.41, 5.74) is 0.0373. The Bertz CT molecular complexity index is 1040. The third kappa shape index (κ3) is 3.60. The molecule has 1 aliphatic heterocycles. The van der Waals surface area contributed by atoms with E-state index in [1.165, 1.54) is 17.0 Å². The third-order valence-corrected chi connectivity index (χ3v) is 4.72.